The summed E-state index contributed by atoms with van der Waals surface area (Å²) in [5, 5.41) is 9.00. The number of likely N-dealkylation sites (tertiary alicyclic amines) is 1. The molecule has 1 rings (SSSR count). The van der Waals surface area contributed by atoms with Crippen LogP contribution in [0, 0.1) is 10.1 Å². The van der Waals surface area contributed by atoms with Crippen LogP contribution in [0.5, 0.6) is 0 Å². The smallest absolute Gasteiger partial charge is 0.183 e. The van der Waals surface area contributed by atoms with Crippen LogP contribution in [0.15, 0.2) is 5.34 Å². The van der Waals surface area contributed by atoms with Gasteiger partial charge in [0, 0.05) is 12.8 Å². The molecule has 5 heteroatoms. The second kappa shape index (κ2) is 8.47. The molecule has 0 aromatic carbocycles. The number of quaternary nitrogens is 1. The van der Waals surface area contributed by atoms with Gasteiger partial charge in [0.05, 0.1) is 25.7 Å². The third-order valence-corrected chi connectivity index (χ3v) is 3.25. The molecule has 96 valence electrons. The molecule has 5 nitrogen and oxygen atoms in total. The Morgan fingerprint density at radius 2 is 1.88 bits per heavy atom. The van der Waals surface area contributed by atoms with E-state index < -0.39 is 0 Å². The van der Waals surface area contributed by atoms with Crippen LogP contribution in [-0.4, -0.2) is 37.0 Å². The third kappa shape index (κ3) is 4.90. The minimum Gasteiger partial charge on any atom is -0.444 e. The molecule has 1 aliphatic rings. The topological polar surface area (TPSA) is 61.7 Å². The molecule has 16 heavy (non-hydrogen) atoms. The molecule has 0 unspecified atom stereocenters. The molecule has 0 spiro atoms. The Labute approximate surface area is 97.9 Å². The molecule has 0 N–H and O–H groups in total. The molecule has 1 saturated heterocycles. The maximum Gasteiger partial charge on any atom is 0.183 e. The molecule has 0 radical (unpaired) electrons. The Kier molecular flexibility index (Phi) is 8.11. The first-order valence-corrected chi connectivity index (χ1v) is 6.01. The molecule has 0 atom stereocenters. The zero-order valence-corrected chi connectivity index (χ0v) is 10.6. The number of hydrogen-bond donors (Lipinski definition) is 0. The maximum absolute atomic E-state index is 8.00. The molecule has 1 fully saturated rings. The van der Waals surface area contributed by atoms with Gasteiger partial charge in [-0.05, 0) is 20.3 Å². The van der Waals surface area contributed by atoms with E-state index in [0.29, 0.717) is 0 Å². The van der Waals surface area contributed by atoms with Gasteiger partial charge in [-0.3, -0.25) is 4.48 Å². The molecule has 0 saturated carbocycles. The van der Waals surface area contributed by atoms with Crippen molar-refractivity contribution in [3.05, 3.63) is 10.1 Å². The first-order chi connectivity index (χ1) is 7.63. The highest BCUT2D eigenvalue weighted by Crippen LogP contribution is 2.23. The van der Waals surface area contributed by atoms with Crippen molar-refractivity contribution in [3.63, 3.8) is 0 Å². The van der Waals surface area contributed by atoms with Crippen molar-refractivity contribution in [2.24, 2.45) is 5.34 Å². The molecule has 1 heterocycles. The molecule has 0 aliphatic carbocycles. The van der Waals surface area contributed by atoms with Crippen LogP contribution in [0.2, 0.25) is 0 Å². The molecule has 0 aromatic rings. The molecular weight excluding hydrogens is 208 g/mol. The number of nitrogens with zero attached hydrogens (tertiary/aromatic N) is 2. The van der Waals surface area contributed by atoms with E-state index in [1.165, 1.54) is 30.4 Å². The lowest BCUT2D eigenvalue weighted by molar-refractivity contribution is -0.954. The highest BCUT2D eigenvalue weighted by molar-refractivity contribution is 4.55. The summed E-state index contributed by atoms with van der Waals surface area (Å²) in [4.78, 5) is 8.00. The maximum atomic E-state index is 8.00. The van der Waals surface area contributed by atoms with Gasteiger partial charge in [0.25, 0.3) is 0 Å². The number of rotatable bonds is 5. The normalized spacial score (nSPS) is 18.0. The molecule has 0 bridgehead atoms. The predicted molar refractivity (Wildman–Crippen MR) is 64.6 cm³/mol. The summed E-state index contributed by atoms with van der Waals surface area (Å²) in [6, 6.07) is 0.722. The third-order valence-electron chi connectivity index (χ3n) is 3.25. The Morgan fingerprint density at radius 1 is 1.38 bits per heavy atom. The first-order valence-electron chi connectivity index (χ1n) is 6.01. The highest BCUT2D eigenvalue weighted by Gasteiger charge is 2.34. The number of ether oxygens (including phenoxy) is 1. The van der Waals surface area contributed by atoms with E-state index in [4.69, 9.17) is 14.9 Å². The van der Waals surface area contributed by atoms with Crippen molar-refractivity contribution in [3.8, 4) is 0 Å². The quantitative estimate of drug-likeness (QED) is 0.317. The average molecular weight is 232 g/mol. The Hall–Kier alpha value is -0.680. The minimum absolute atomic E-state index is 0.722. The minimum atomic E-state index is 0.722. The van der Waals surface area contributed by atoms with Crippen molar-refractivity contribution >= 4 is 0 Å². The fourth-order valence-corrected chi connectivity index (χ4v) is 2.15. The summed E-state index contributed by atoms with van der Waals surface area (Å²) in [6.07, 6.45) is 3.90. The monoisotopic (exact) mass is 232 g/mol. The Balaban J connectivity index is 0.000000673. The summed E-state index contributed by atoms with van der Waals surface area (Å²) in [5.74, 6) is 0. The van der Waals surface area contributed by atoms with E-state index in [1.807, 2.05) is 0 Å². The second-order valence-corrected chi connectivity index (χ2v) is 4.58. The van der Waals surface area contributed by atoms with Crippen LogP contribution in [0.4, 0.5) is 0 Å². The lowest BCUT2D eigenvalue weighted by Gasteiger charge is -2.37. The zero-order chi connectivity index (χ0) is 12.4. The summed E-state index contributed by atoms with van der Waals surface area (Å²) >= 11 is 0. The van der Waals surface area contributed by atoms with Gasteiger partial charge in [0.1, 0.15) is 0 Å². The van der Waals surface area contributed by atoms with E-state index in [2.05, 4.69) is 20.8 Å². The van der Waals surface area contributed by atoms with Gasteiger partial charge < -0.3 is 14.9 Å². The van der Waals surface area contributed by atoms with E-state index >= 15 is 0 Å². The van der Waals surface area contributed by atoms with E-state index in [9.17, 15) is 0 Å². The zero-order valence-electron chi connectivity index (χ0n) is 10.6. The van der Waals surface area contributed by atoms with Crippen LogP contribution < -0.4 is 0 Å². The van der Waals surface area contributed by atoms with Gasteiger partial charge in [0.2, 0.25) is 0 Å². The largest absolute Gasteiger partial charge is 0.444 e. The van der Waals surface area contributed by atoms with E-state index in [1.54, 1.807) is 0 Å². The van der Waals surface area contributed by atoms with E-state index in [-0.39, 0.29) is 0 Å². The lowest BCUT2D eigenvalue weighted by atomic mass is 10.3. The Morgan fingerprint density at radius 3 is 2.25 bits per heavy atom. The van der Waals surface area contributed by atoms with Gasteiger partial charge >= 0.3 is 0 Å². The SMILES string of the molecule is CCCOC[N+]1(C(C)C)CCCC1.O=N[O-]. The van der Waals surface area contributed by atoms with Crippen molar-refractivity contribution < 1.29 is 9.22 Å². The highest BCUT2D eigenvalue weighted by atomic mass is 16.6. The molecule has 0 amide bonds. The van der Waals surface area contributed by atoms with Crippen molar-refractivity contribution in [2.75, 3.05) is 26.4 Å². The van der Waals surface area contributed by atoms with Gasteiger partial charge in [-0.2, -0.15) is 0 Å². The van der Waals surface area contributed by atoms with Crippen molar-refractivity contribution in [1.82, 2.24) is 0 Å². The van der Waals surface area contributed by atoms with Crippen LogP contribution in [-0.2, 0) is 4.74 Å². The van der Waals surface area contributed by atoms with Gasteiger partial charge in [-0.1, -0.05) is 6.92 Å². The summed E-state index contributed by atoms with van der Waals surface area (Å²) in [5.41, 5.74) is 0. The number of hydrogen-bond acceptors (Lipinski definition) is 4. The lowest BCUT2D eigenvalue weighted by Crippen LogP contribution is -2.52. The van der Waals surface area contributed by atoms with Crippen LogP contribution in [0.1, 0.15) is 40.0 Å². The fourth-order valence-electron chi connectivity index (χ4n) is 2.15. The first kappa shape index (κ1) is 15.3. The fraction of sp³-hybridized carbons (Fsp3) is 1.00. The standard InChI is InChI=1S/C11H24NO.HNO2/c1-4-9-13-10-12(11(2)3)7-5-6-8-12;2-1-3/h11H,4-10H2,1-3H3;(H,2,3)/q+1;/p-1. The molecule has 1 aliphatic heterocycles. The van der Waals surface area contributed by atoms with E-state index in [0.717, 1.165) is 31.1 Å². The van der Waals surface area contributed by atoms with Crippen LogP contribution in [0.25, 0.3) is 0 Å². The predicted octanol–water partition coefficient (Wildman–Crippen LogP) is 2.64. The molecule has 0 aromatic heterocycles. The van der Waals surface area contributed by atoms with Gasteiger partial charge in [-0.15, -0.1) is 5.34 Å². The average Bonchev–Trinajstić information content (AvgIpc) is 2.69. The van der Waals surface area contributed by atoms with Crippen molar-refractivity contribution in [1.29, 1.82) is 0 Å². The second-order valence-electron chi connectivity index (χ2n) is 4.58. The van der Waals surface area contributed by atoms with Crippen LogP contribution in [0.3, 0.4) is 0 Å². The Bertz CT molecular complexity index is 180. The van der Waals surface area contributed by atoms with Crippen molar-refractivity contribution in [2.45, 2.75) is 46.1 Å². The van der Waals surface area contributed by atoms with Gasteiger partial charge in [-0.25, -0.2) is 0 Å². The molecular formula is C11H24N2O3. The summed E-state index contributed by atoms with van der Waals surface area (Å²) < 4.78 is 6.90. The summed E-state index contributed by atoms with van der Waals surface area (Å²) in [7, 11) is 0. The van der Waals surface area contributed by atoms with Gasteiger partial charge in [0.15, 0.2) is 6.73 Å². The van der Waals surface area contributed by atoms with Crippen LogP contribution >= 0.6 is 0 Å². The summed E-state index contributed by atoms with van der Waals surface area (Å²) in [6.45, 7) is 11.3.